The normalized spacial score (nSPS) is 13.1. The first-order valence-electron chi connectivity index (χ1n) is 6.47. The van der Waals surface area contributed by atoms with Gasteiger partial charge in [0, 0.05) is 6.04 Å². The van der Waals surface area contributed by atoms with E-state index in [1.54, 1.807) is 6.07 Å². The van der Waals surface area contributed by atoms with Crippen LogP contribution in [0.5, 0.6) is 0 Å². The van der Waals surface area contributed by atoms with Crippen molar-refractivity contribution in [2.45, 2.75) is 46.6 Å². The molecule has 96 valence electrons. The standard InChI is InChI=1S/C15H24FN/c1-11(2)17-8-7-12(3)9-14-10-15(16)6-5-13(14)4/h5-6,10-12,17H,7-9H2,1-4H3. The average molecular weight is 237 g/mol. The lowest BCUT2D eigenvalue weighted by molar-refractivity contribution is 0.474. The SMILES string of the molecule is Cc1ccc(F)cc1CC(C)CCNC(C)C. The van der Waals surface area contributed by atoms with Crippen LogP contribution in [0.4, 0.5) is 4.39 Å². The van der Waals surface area contributed by atoms with E-state index < -0.39 is 0 Å². The number of aryl methyl sites for hydroxylation is 1. The summed E-state index contributed by atoms with van der Waals surface area (Å²) in [4.78, 5) is 0. The van der Waals surface area contributed by atoms with E-state index in [1.165, 1.54) is 11.6 Å². The smallest absolute Gasteiger partial charge is 0.123 e. The molecule has 1 aromatic rings. The lowest BCUT2D eigenvalue weighted by atomic mass is 9.95. The average Bonchev–Trinajstić information content (AvgIpc) is 2.23. The number of nitrogens with one attached hydrogen (secondary N) is 1. The molecule has 1 aromatic carbocycles. The fraction of sp³-hybridized carbons (Fsp3) is 0.600. The zero-order chi connectivity index (χ0) is 12.8. The quantitative estimate of drug-likeness (QED) is 0.795. The molecule has 1 atom stereocenters. The lowest BCUT2D eigenvalue weighted by Gasteiger charge is -2.15. The summed E-state index contributed by atoms with van der Waals surface area (Å²) in [5.74, 6) is 0.458. The van der Waals surface area contributed by atoms with Crippen LogP contribution in [-0.4, -0.2) is 12.6 Å². The Hall–Kier alpha value is -0.890. The van der Waals surface area contributed by atoms with Crippen molar-refractivity contribution in [2.24, 2.45) is 5.92 Å². The van der Waals surface area contributed by atoms with E-state index in [4.69, 9.17) is 0 Å². The summed E-state index contributed by atoms with van der Waals surface area (Å²) in [6.45, 7) is 9.62. The van der Waals surface area contributed by atoms with Crippen molar-refractivity contribution in [3.05, 3.63) is 35.1 Å². The number of benzene rings is 1. The second kappa shape index (κ2) is 6.75. The Kier molecular flexibility index (Phi) is 5.63. The van der Waals surface area contributed by atoms with Crippen LogP contribution in [0.15, 0.2) is 18.2 Å². The van der Waals surface area contributed by atoms with Crippen LogP contribution >= 0.6 is 0 Å². The van der Waals surface area contributed by atoms with Crippen molar-refractivity contribution in [3.63, 3.8) is 0 Å². The first-order valence-corrected chi connectivity index (χ1v) is 6.47. The van der Waals surface area contributed by atoms with Gasteiger partial charge in [-0.2, -0.15) is 0 Å². The molecule has 1 unspecified atom stereocenters. The summed E-state index contributed by atoms with van der Waals surface area (Å²) in [5.41, 5.74) is 2.33. The van der Waals surface area contributed by atoms with Crippen molar-refractivity contribution in [3.8, 4) is 0 Å². The summed E-state index contributed by atoms with van der Waals surface area (Å²) in [7, 11) is 0. The van der Waals surface area contributed by atoms with Gasteiger partial charge in [0.25, 0.3) is 0 Å². The number of halogens is 1. The maximum Gasteiger partial charge on any atom is 0.123 e. The molecule has 1 nitrogen and oxygen atoms in total. The molecule has 0 aliphatic heterocycles. The third-order valence-corrected chi connectivity index (χ3v) is 3.07. The van der Waals surface area contributed by atoms with Crippen LogP contribution in [0.25, 0.3) is 0 Å². The van der Waals surface area contributed by atoms with Gasteiger partial charge in [-0.25, -0.2) is 4.39 Å². The molecular formula is C15H24FN. The van der Waals surface area contributed by atoms with E-state index in [1.807, 2.05) is 13.0 Å². The van der Waals surface area contributed by atoms with Crippen molar-refractivity contribution < 1.29 is 4.39 Å². The predicted octanol–water partition coefficient (Wildman–Crippen LogP) is 3.70. The highest BCUT2D eigenvalue weighted by atomic mass is 19.1. The van der Waals surface area contributed by atoms with Gasteiger partial charge < -0.3 is 5.32 Å². The molecule has 17 heavy (non-hydrogen) atoms. The minimum atomic E-state index is -0.127. The molecule has 0 fully saturated rings. The molecule has 0 amide bonds. The van der Waals surface area contributed by atoms with Gasteiger partial charge in [0.15, 0.2) is 0 Å². The second-order valence-corrected chi connectivity index (χ2v) is 5.28. The van der Waals surface area contributed by atoms with Crippen molar-refractivity contribution in [2.75, 3.05) is 6.54 Å². The summed E-state index contributed by atoms with van der Waals surface area (Å²) >= 11 is 0. The van der Waals surface area contributed by atoms with Gasteiger partial charge >= 0.3 is 0 Å². The van der Waals surface area contributed by atoms with Crippen molar-refractivity contribution >= 4 is 0 Å². The van der Waals surface area contributed by atoms with Crippen LogP contribution in [0.1, 0.15) is 38.3 Å². The summed E-state index contributed by atoms with van der Waals surface area (Å²) < 4.78 is 13.1. The van der Waals surface area contributed by atoms with Crippen molar-refractivity contribution in [1.29, 1.82) is 0 Å². The summed E-state index contributed by atoms with van der Waals surface area (Å²) in [5, 5.41) is 3.41. The third-order valence-electron chi connectivity index (χ3n) is 3.07. The van der Waals surface area contributed by atoms with E-state index in [2.05, 4.69) is 26.1 Å². The lowest BCUT2D eigenvalue weighted by Crippen LogP contribution is -2.25. The van der Waals surface area contributed by atoms with E-state index in [9.17, 15) is 4.39 Å². The molecule has 0 heterocycles. The highest BCUT2D eigenvalue weighted by molar-refractivity contribution is 5.26. The molecule has 0 radical (unpaired) electrons. The third kappa shape index (κ3) is 5.31. The first kappa shape index (κ1) is 14.2. The van der Waals surface area contributed by atoms with Crippen LogP contribution < -0.4 is 5.32 Å². The van der Waals surface area contributed by atoms with E-state index in [0.717, 1.165) is 24.9 Å². The Labute approximate surface area is 104 Å². The Bertz CT molecular complexity index is 347. The van der Waals surface area contributed by atoms with Gasteiger partial charge in [0.05, 0.1) is 0 Å². The molecule has 0 aromatic heterocycles. The Morgan fingerprint density at radius 3 is 2.59 bits per heavy atom. The van der Waals surface area contributed by atoms with Gasteiger partial charge in [-0.1, -0.05) is 26.8 Å². The van der Waals surface area contributed by atoms with Crippen LogP contribution in [0.3, 0.4) is 0 Å². The number of hydrogen-bond donors (Lipinski definition) is 1. The Morgan fingerprint density at radius 1 is 1.24 bits per heavy atom. The molecule has 0 saturated heterocycles. The molecule has 0 aliphatic rings. The van der Waals surface area contributed by atoms with Gasteiger partial charge in [0.1, 0.15) is 5.82 Å². The number of hydrogen-bond acceptors (Lipinski definition) is 1. The minimum Gasteiger partial charge on any atom is -0.315 e. The Balaban J connectivity index is 2.44. The fourth-order valence-corrected chi connectivity index (χ4v) is 1.96. The van der Waals surface area contributed by atoms with E-state index in [-0.39, 0.29) is 5.82 Å². The minimum absolute atomic E-state index is 0.127. The van der Waals surface area contributed by atoms with Gasteiger partial charge in [0.2, 0.25) is 0 Å². The van der Waals surface area contributed by atoms with Crippen LogP contribution in [-0.2, 0) is 6.42 Å². The number of rotatable bonds is 6. The van der Waals surface area contributed by atoms with Gasteiger partial charge in [-0.15, -0.1) is 0 Å². The second-order valence-electron chi connectivity index (χ2n) is 5.28. The molecule has 0 aliphatic carbocycles. The molecule has 0 saturated carbocycles. The molecule has 0 bridgehead atoms. The van der Waals surface area contributed by atoms with E-state index >= 15 is 0 Å². The highest BCUT2D eigenvalue weighted by Crippen LogP contribution is 2.16. The summed E-state index contributed by atoms with van der Waals surface area (Å²) in [6, 6.07) is 5.60. The van der Waals surface area contributed by atoms with Crippen molar-refractivity contribution in [1.82, 2.24) is 5.32 Å². The predicted molar refractivity (Wildman–Crippen MR) is 71.8 cm³/mol. The fourth-order valence-electron chi connectivity index (χ4n) is 1.96. The first-order chi connectivity index (χ1) is 7.99. The molecule has 2 heteroatoms. The van der Waals surface area contributed by atoms with Gasteiger partial charge in [-0.3, -0.25) is 0 Å². The maximum absolute atomic E-state index is 13.1. The molecule has 0 spiro atoms. The van der Waals surface area contributed by atoms with Crippen LogP contribution in [0, 0.1) is 18.7 Å². The molecule has 1 rings (SSSR count). The highest BCUT2D eigenvalue weighted by Gasteiger charge is 2.07. The summed E-state index contributed by atoms with van der Waals surface area (Å²) in [6.07, 6.45) is 2.09. The van der Waals surface area contributed by atoms with E-state index in [0.29, 0.717) is 12.0 Å². The van der Waals surface area contributed by atoms with Gasteiger partial charge in [-0.05, 0) is 55.5 Å². The largest absolute Gasteiger partial charge is 0.315 e. The monoisotopic (exact) mass is 237 g/mol. The zero-order valence-corrected chi connectivity index (χ0v) is 11.4. The molecular weight excluding hydrogens is 213 g/mol. The Morgan fingerprint density at radius 2 is 1.94 bits per heavy atom. The maximum atomic E-state index is 13.1. The topological polar surface area (TPSA) is 12.0 Å². The molecule has 1 N–H and O–H groups in total. The zero-order valence-electron chi connectivity index (χ0n) is 11.4. The van der Waals surface area contributed by atoms with Crippen LogP contribution in [0.2, 0.25) is 0 Å².